The van der Waals surface area contributed by atoms with Crippen LogP contribution in [0.2, 0.25) is 0 Å². The molecule has 1 rings (SSSR count). The van der Waals surface area contributed by atoms with Crippen molar-refractivity contribution in [3.63, 3.8) is 0 Å². The summed E-state index contributed by atoms with van der Waals surface area (Å²) in [4.78, 5) is 11.1. The van der Waals surface area contributed by atoms with E-state index in [-0.39, 0.29) is 18.0 Å². The highest BCUT2D eigenvalue weighted by molar-refractivity contribution is 5.84. The number of nitrogens with zero attached hydrogens (tertiary/aromatic N) is 1. The van der Waals surface area contributed by atoms with Gasteiger partial charge in [-0.15, -0.1) is 0 Å². The maximum absolute atomic E-state index is 11.1. The Kier molecular flexibility index (Phi) is 2.54. The third-order valence-corrected chi connectivity index (χ3v) is 2.03. The summed E-state index contributed by atoms with van der Waals surface area (Å²) in [5, 5.41) is 0. The quantitative estimate of drug-likeness (QED) is 0.565. The van der Waals surface area contributed by atoms with E-state index in [0.717, 1.165) is 11.0 Å². The molecule has 1 saturated heterocycles. The highest BCUT2D eigenvalue weighted by Crippen LogP contribution is 2.17. The Balaban J connectivity index is 2.43. The standard InChI is InChI=1S/C9H18NO2/c1-7-9(11)5-8(12-7)6-10(2,3)4/h7-8H,5-6H2,1-4H3/q+1/t7-,8+/m1/s1. The van der Waals surface area contributed by atoms with Crippen LogP contribution in [-0.4, -0.2) is 50.2 Å². The van der Waals surface area contributed by atoms with Crippen molar-refractivity contribution in [2.75, 3.05) is 27.7 Å². The minimum absolute atomic E-state index is 0.132. The molecule has 0 aromatic heterocycles. The number of Topliss-reactive ketones (excluding diaryl/α,β-unsaturated/α-hetero) is 1. The molecule has 1 aliphatic rings. The molecule has 0 spiro atoms. The molecule has 3 nitrogen and oxygen atoms in total. The Morgan fingerprint density at radius 3 is 2.42 bits per heavy atom. The van der Waals surface area contributed by atoms with Crippen molar-refractivity contribution < 1.29 is 14.0 Å². The van der Waals surface area contributed by atoms with E-state index < -0.39 is 0 Å². The smallest absolute Gasteiger partial charge is 0.164 e. The van der Waals surface area contributed by atoms with Gasteiger partial charge in [0, 0.05) is 6.42 Å². The fourth-order valence-electron chi connectivity index (χ4n) is 1.52. The van der Waals surface area contributed by atoms with E-state index in [0.29, 0.717) is 6.42 Å². The van der Waals surface area contributed by atoms with E-state index in [4.69, 9.17) is 4.74 Å². The first-order valence-electron chi connectivity index (χ1n) is 4.37. The zero-order chi connectivity index (χ0) is 9.35. The van der Waals surface area contributed by atoms with Crippen LogP contribution >= 0.6 is 0 Å². The lowest BCUT2D eigenvalue weighted by Gasteiger charge is -2.26. The van der Waals surface area contributed by atoms with E-state index in [9.17, 15) is 4.79 Å². The van der Waals surface area contributed by atoms with Crippen LogP contribution in [0.1, 0.15) is 13.3 Å². The van der Waals surface area contributed by atoms with E-state index in [1.165, 1.54) is 0 Å². The van der Waals surface area contributed by atoms with Gasteiger partial charge in [0.05, 0.1) is 21.1 Å². The maximum Gasteiger partial charge on any atom is 0.164 e. The fourth-order valence-corrected chi connectivity index (χ4v) is 1.52. The number of rotatable bonds is 2. The second-order valence-electron chi connectivity index (χ2n) is 4.54. The molecule has 0 bridgehead atoms. The van der Waals surface area contributed by atoms with Gasteiger partial charge in [-0.3, -0.25) is 4.79 Å². The Labute approximate surface area is 73.9 Å². The molecule has 2 atom stereocenters. The molecule has 3 heteroatoms. The second-order valence-corrected chi connectivity index (χ2v) is 4.54. The van der Waals surface area contributed by atoms with Crippen LogP contribution in [0.5, 0.6) is 0 Å². The first-order valence-corrected chi connectivity index (χ1v) is 4.37. The molecular formula is C9H18NO2+. The van der Waals surface area contributed by atoms with Crippen molar-refractivity contribution in [2.24, 2.45) is 0 Å². The number of ether oxygens (including phenoxy) is 1. The average molecular weight is 172 g/mol. The summed E-state index contributed by atoms with van der Waals surface area (Å²) < 4.78 is 6.34. The molecule has 0 amide bonds. The first-order chi connectivity index (χ1) is 5.38. The van der Waals surface area contributed by atoms with Crippen LogP contribution in [0, 0.1) is 0 Å². The van der Waals surface area contributed by atoms with Gasteiger partial charge in [0.2, 0.25) is 0 Å². The third-order valence-electron chi connectivity index (χ3n) is 2.03. The molecule has 0 aliphatic carbocycles. The highest BCUT2D eigenvalue weighted by atomic mass is 16.5. The summed E-state index contributed by atoms with van der Waals surface area (Å²) in [5.41, 5.74) is 0. The predicted octanol–water partition coefficient (Wildman–Crippen LogP) is 0.439. The van der Waals surface area contributed by atoms with Gasteiger partial charge >= 0.3 is 0 Å². The van der Waals surface area contributed by atoms with Gasteiger partial charge in [0.15, 0.2) is 5.78 Å². The number of carbonyl (C=O) groups is 1. The molecule has 0 radical (unpaired) electrons. The molecular weight excluding hydrogens is 154 g/mol. The van der Waals surface area contributed by atoms with Crippen LogP contribution in [0.4, 0.5) is 0 Å². The monoisotopic (exact) mass is 172 g/mol. The SMILES string of the molecule is C[C@H]1O[C@H](C[N+](C)(C)C)CC1=O. The van der Waals surface area contributed by atoms with Crippen molar-refractivity contribution in [3.05, 3.63) is 0 Å². The topological polar surface area (TPSA) is 26.3 Å². The minimum atomic E-state index is -0.179. The summed E-state index contributed by atoms with van der Waals surface area (Å²) >= 11 is 0. The lowest BCUT2D eigenvalue weighted by Crippen LogP contribution is -2.41. The Hall–Kier alpha value is -0.410. The molecule has 0 aromatic rings. The molecule has 0 unspecified atom stereocenters. The van der Waals surface area contributed by atoms with Gasteiger partial charge in [-0.05, 0) is 6.92 Å². The number of quaternary nitrogens is 1. The summed E-state index contributed by atoms with van der Waals surface area (Å²) in [5.74, 6) is 0.244. The molecule has 1 heterocycles. The first kappa shape index (κ1) is 9.68. The number of ketones is 1. The number of hydrogen-bond acceptors (Lipinski definition) is 2. The largest absolute Gasteiger partial charge is 0.361 e. The van der Waals surface area contributed by atoms with E-state index >= 15 is 0 Å². The van der Waals surface area contributed by atoms with Crippen LogP contribution in [-0.2, 0) is 9.53 Å². The zero-order valence-electron chi connectivity index (χ0n) is 8.33. The third kappa shape index (κ3) is 2.57. The van der Waals surface area contributed by atoms with Crippen LogP contribution in [0.3, 0.4) is 0 Å². The fraction of sp³-hybridized carbons (Fsp3) is 0.889. The summed E-state index contributed by atoms with van der Waals surface area (Å²) in [6.45, 7) is 2.74. The Morgan fingerprint density at radius 2 is 2.08 bits per heavy atom. The summed E-state index contributed by atoms with van der Waals surface area (Å²) in [6.07, 6.45) is 0.547. The lowest BCUT2D eigenvalue weighted by molar-refractivity contribution is -0.873. The van der Waals surface area contributed by atoms with E-state index in [1.807, 2.05) is 6.92 Å². The molecule has 0 N–H and O–H groups in total. The lowest BCUT2D eigenvalue weighted by atomic mass is 10.2. The van der Waals surface area contributed by atoms with Crippen molar-refractivity contribution in [1.82, 2.24) is 0 Å². The van der Waals surface area contributed by atoms with Crippen LogP contribution in [0.25, 0.3) is 0 Å². The molecule has 1 aliphatic heterocycles. The Morgan fingerprint density at radius 1 is 1.50 bits per heavy atom. The van der Waals surface area contributed by atoms with Gasteiger partial charge in [-0.25, -0.2) is 0 Å². The van der Waals surface area contributed by atoms with Gasteiger partial charge in [0.1, 0.15) is 18.8 Å². The van der Waals surface area contributed by atoms with Gasteiger partial charge in [0.25, 0.3) is 0 Å². The van der Waals surface area contributed by atoms with E-state index in [1.54, 1.807) is 0 Å². The molecule has 70 valence electrons. The number of hydrogen-bond donors (Lipinski definition) is 0. The number of likely N-dealkylation sites (N-methyl/N-ethyl adjacent to an activating group) is 1. The molecule has 1 fully saturated rings. The van der Waals surface area contributed by atoms with Crippen LogP contribution < -0.4 is 0 Å². The predicted molar refractivity (Wildman–Crippen MR) is 46.9 cm³/mol. The van der Waals surface area contributed by atoms with Gasteiger partial charge in [-0.1, -0.05) is 0 Å². The van der Waals surface area contributed by atoms with Crippen molar-refractivity contribution in [3.8, 4) is 0 Å². The Bertz CT molecular complexity index is 183. The zero-order valence-corrected chi connectivity index (χ0v) is 8.33. The van der Waals surface area contributed by atoms with Crippen molar-refractivity contribution >= 4 is 5.78 Å². The maximum atomic E-state index is 11.1. The summed E-state index contributed by atoms with van der Waals surface area (Å²) in [7, 11) is 6.32. The minimum Gasteiger partial charge on any atom is -0.361 e. The van der Waals surface area contributed by atoms with Crippen LogP contribution in [0.15, 0.2) is 0 Å². The number of carbonyl (C=O) groups excluding carboxylic acids is 1. The van der Waals surface area contributed by atoms with E-state index in [2.05, 4.69) is 21.1 Å². The van der Waals surface area contributed by atoms with Gasteiger partial charge in [-0.2, -0.15) is 0 Å². The summed E-state index contributed by atoms with van der Waals surface area (Å²) in [6, 6.07) is 0. The van der Waals surface area contributed by atoms with Crippen molar-refractivity contribution in [2.45, 2.75) is 25.6 Å². The normalized spacial score (nSPS) is 31.2. The highest BCUT2D eigenvalue weighted by Gasteiger charge is 2.33. The van der Waals surface area contributed by atoms with Crippen molar-refractivity contribution in [1.29, 1.82) is 0 Å². The molecule has 0 saturated carbocycles. The molecule has 0 aromatic carbocycles. The second kappa shape index (κ2) is 3.15. The van der Waals surface area contributed by atoms with Gasteiger partial charge < -0.3 is 9.22 Å². The molecule has 12 heavy (non-hydrogen) atoms. The average Bonchev–Trinajstić information content (AvgIpc) is 2.07.